The number of ether oxygens (including phenoxy) is 2. The van der Waals surface area contributed by atoms with Crippen molar-refractivity contribution in [3.63, 3.8) is 0 Å². The van der Waals surface area contributed by atoms with Gasteiger partial charge in [0, 0.05) is 16.9 Å². The van der Waals surface area contributed by atoms with Crippen LogP contribution in [0, 0.1) is 13.8 Å². The standard InChI is InChI=1S/C25H35O3P.Li.H/c1-15(2)27-20-10-11-22(21(14-20)28-16(3)4)29-24(26)23-17(5)12-19(13-18(23)6)25(7,8)9;;/h10-16,29H,1-9H3;;/q;+1;-1. The molecule has 1 unspecified atom stereocenters. The van der Waals surface area contributed by atoms with Crippen LogP contribution in [0.1, 0.15) is 76.9 Å². The van der Waals surface area contributed by atoms with E-state index in [4.69, 9.17) is 9.47 Å². The Morgan fingerprint density at radius 1 is 0.933 bits per heavy atom. The summed E-state index contributed by atoms with van der Waals surface area (Å²) in [6.07, 6.45) is 0.112. The minimum Gasteiger partial charge on any atom is -1.00 e. The molecule has 0 aliphatic rings. The van der Waals surface area contributed by atoms with E-state index in [1.807, 2.05) is 59.7 Å². The maximum atomic E-state index is 13.2. The Balaban J connectivity index is 0.00000450. The van der Waals surface area contributed by atoms with Gasteiger partial charge in [-0.15, -0.1) is 0 Å². The summed E-state index contributed by atoms with van der Waals surface area (Å²) in [6, 6.07) is 10.1. The minimum atomic E-state index is 0. The van der Waals surface area contributed by atoms with Gasteiger partial charge in [0.15, 0.2) is 5.52 Å². The number of benzene rings is 2. The van der Waals surface area contributed by atoms with Gasteiger partial charge in [0.25, 0.3) is 0 Å². The van der Waals surface area contributed by atoms with Crippen molar-refractivity contribution in [2.75, 3.05) is 0 Å². The zero-order chi connectivity index (χ0) is 21.9. The molecular weight excluding hydrogens is 386 g/mol. The van der Waals surface area contributed by atoms with Crippen molar-refractivity contribution >= 4 is 19.4 Å². The van der Waals surface area contributed by atoms with Gasteiger partial charge in [-0.25, -0.2) is 0 Å². The number of aryl methyl sites for hydroxylation is 2. The van der Waals surface area contributed by atoms with Gasteiger partial charge in [0.1, 0.15) is 11.5 Å². The smallest absolute Gasteiger partial charge is 1.00 e. The Morgan fingerprint density at radius 2 is 1.47 bits per heavy atom. The Bertz CT molecular complexity index is 866. The molecule has 3 nitrogen and oxygen atoms in total. The average molecular weight is 422 g/mol. The van der Waals surface area contributed by atoms with Crippen molar-refractivity contribution in [2.45, 2.75) is 79.9 Å². The first kappa shape index (κ1) is 26.8. The Labute approximate surface area is 197 Å². The molecule has 0 aliphatic carbocycles. The van der Waals surface area contributed by atoms with Gasteiger partial charge in [-0.05, 0) is 84.4 Å². The van der Waals surface area contributed by atoms with Crippen molar-refractivity contribution in [3.05, 3.63) is 52.6 Å². The maximum absolute atomic E-state index is 13.2. The summed E-state index contributed by atoms with van der Waals surface area (Å²) in [5, 5.41) is 0.915. The molecule has 2 rings (SSSR count). The zero-order valence-electron chi connectivity index (χ0n) is 21.3. The Kier molecular flexibility index (Phi) is 9.69. The van der Waals surface area contributed by atoms with Crippen LogP contribution >= 0.6 is 8.58 Å². The van der Waals surface area contributed by atoms with Gasteiger partial charge in [0.2, 0.25) is 0 Å². The summed E-state index contributed by atoms with van der Waals surface area (Å²) >= 11 is 0. The van der Waals surface area contributed by atoms with Crippen molar-refractivity contribution in [3.8, 4) is 11.5 Å². The van der Waals surface area contributed by atoms with E-state index in [9.17, 15) is 4.79 Å². The quantitative estimate of drug-likeness (QED) is 0.507. The molecule has 5 heteroatoms. The predicted octanol–water partition coefficient (Wildman–Crippen LogP) is 3.44. The van der Waals surface area contributed by atoms with E-state index in [1.165, 1.54) is 5.56 Å². The molecule has 0 saturated carbocycles. The first-order valence-electron chi connectivity index (χ1n) is 10.3. The van der Waals surface area contributed by atoms with Crippen LogP contribution in [0.5, 0.6) is 11.5 Å². The fourth-order valence-electron chi connectivity index (χ4n) is 3.24. The monoisotopic (exact) mass is 422 g/mol. The summed E-state index contributed by atoms with van der Waals surface area (Å²) in [5.74, 6) is 1.49. The van der Waals surface area contributed by atoms with Crippen LogP contribution in [-0.4, -0.2) is 17.7 Å². The number of hydrogen-bond donors (Lipinski definition) is 0. The minimum absolute atomic E-state index is 0. The van der Waals surface area contributed by atoms with E-state index in [-0.39, 0.29) is 52.0 Å². The second-order valence-corrected chi connectivity index (χ2v) is 10.4. The molecular formula is C25H36LiO3P. The molecule has 2 aromatic rings. The van der Waals surface area contributed by atoms with Gasteiger partial charge < -0.3 is 10.9 Å². The fraction of sp³-hybridized carbons (Fsp3) is 0.480. The summed E-state index contributed by atoms with van der Waals surface area (Å²) in [7, 11) is 0.00311. The van der Waals surface area contributed by atoms with Gasteiger partial charge >= 0.3 is 18.9 Å². The Hall–Kier alpha value is -1.26. The molecule has 2 aromatic carbocycles. The summed E-state index contributed by atoms with van der Waals surface area (Å²) in [6.45, 7) is 18.6. The van der Waals surface area contributed by atoms with E-state index < -0.39 is 0 Å². The third kappa shape index (κ3) is 7.16. The molecule has 0 spiro atoms. The number of rotatable bonds is 7. The van der Waals surface area contributed by atoms with E-state index in [2.05, 4.69) is 32.9 Å². The zero-order valence-corrected chi connectivity index (χ0v) is 21.3. The molecule has 0 fully saturated rings. The van der Waals surface area contributed by atoms with Crippen molar-refractivity contribution in [1.29, 1.82) is 0 Å². The molecule has 160 valence electrons. The second kappa shape index (κ2) is 10.9. The molecule has 0 aliphatic heterocycles. The fourth-order valence-corrected chi connectivity index (χ4v) is 4.43. The molecule has 0 heterocycles. The summed E-state index contributed by atoms with van der Waals surface area (Å²) in [4.78, 5) is 13.2. The van der Waals surface area contributed by atoms with Gasteiger partial charge in [-0.1, -0.05) is 32.9 Å². The van der Waals surface area contributed by atoms with Crippen molar-refractivity contribution in [2.24, 2.45) is 0 Å². The average Bonchev–Trinajstić information content (AvgIpc) is 2.54. The van der Waals surface area contributed by atoms with Gasteiger partial charge in [0.05, 0.1) is 12.2 Å². The third-order valence-electron chi connectivity index (χ3n) is 4.56. The molecule has 0 N–H and O–H groups in total. The number of carbonyl (C=O) groups excluding carboxylic acids is 1. The van der Waals surface area contributed by atoms with E-state index in [0.717, 1.165) is 33.5 Å². The van der Waals surface area contributed by atoms with Crippen LogP contribution in [0.2, 0.25) is 0 Å². The maximum Gasteiger partial charge on any atom is 1.00 e. The van der Waals surface area contributed by atoms with Crippen molar-refractivity contribution < 1.29 is 34.6 Å². The molecule has 30 heavy (non-hydrogen) atoms. The molecule has 0 radical (unpaired) electrons. The SMILES string of the molecule is Cc1cc(C(C)(C)C)cc(C)c1C(=O)Pc1ccc(OC(C)C)cc1OC(C)C.[H-].[Li+]. The molecule has 0 amide bonds. The Morgan fingerprint density at radius 3 is 1.93 bits per heavy atom. The summed E-state index contributed by atoms with van der Waals surface area (Å²) in [5.41, 5.74) is 4.37. The number of carbonyl (C=O) groups is 1. The van der Waals surface area contributed by atoms with E-state index in [1.54, 1.807) is 0 Å². The van der Waals surface area contributed by atoms with Crippen LogP contribution in [-0.2, 0) is 5.41 Å². The van der Waals surface area contributed by atoms with Gasteiger partial charge in [-0.2, -0.15) is 0 Å². The normalized spacial score (nSPS) is 11.8. The second-order valence-electron chi connectivity index (χ2n) is 9.18. The van der Waals surface area contributed by atoms with E-state index >= 15 is 0 Å². The van der Waals surface area contributed by atoms with Gasteiger partial charge in [-0.3, -0.25) is 4.79 Å². The first-order chi connectivity index (χ1) is 13.4. The predicted molar refractivity (Wildman–Crippen MR) is 126 cm³/mol. The van der Waals surface area contributed by atoms with Crippen molar-refractivity contribution in [1.82, 2.24) is 0 Å². The largest absolute Gasteiger partial charge is 1.00 e. The third-order valence-corrected chi connectivity index (χ3v) is 5.72. The first-order valence-corrected chi connectivity index (χ1v) is 11.3. The van der Waals surface area contributed by atoms with Crippen LogP contribution in [0.25, 0.3) is 0 Å². The van der Waals surface area contributed by atoms with Crippen LogP contribution < -0.4 is 33.6 Å². The number of hydrogen-bond acceptors (Lipinski definition) is 3. The molecule has 0 aromatic heterocycles. The molecule has 1 atom stereocenters. The molecule has 0 bridgehead atoms. The molecule has 0 saturated heterocycles. The van der Waals surface area contributed by atoms with Crippen LogP contribution in [0.3, 0.4) is 0 Å². The topological polar surface area (TPSA) is 35.5 Å². The van der Waals surface area contributed by atoms with Crippen LogP contribution in [0.4, 0.5) is 0 Å². The summed E-state index contributed by atoms with van der Waals surface area (Å²) < 4.78 is 11.8. The van der Waals surface area contributed by atoms with Crippen LogP contribution in [0.15, 0.2) is 30.3 Å². The van der Waals surface area contributed by atoms with E-state index in [0.29, 0.717) is 0 Å².